The van der Waals surface area contributed by atoms with Crippen LogP contribution in [-0.4, -0.2) is 24.1 Å². The first-order chi connectivity index (χ1) is 8.88. The minimum Gasteiger partial charge on any atom is -0.353 e. The second-order valence-corrected chi connectivity index (χ2v) is 5.65. The van der Waals surface area contributed by atoms with Crippen molar-refractivity contribution >= 4 is 5.82 Å². The fourth-order valence-electron chi connectivity index (χ4n) is 3.41. The van der Waals surface area contributed by atoms with E-state index in [4.69, 9.17) is 0 Å². The molecule has 1 aromatic rings. The van der Waals surface area contributed by atoms with Crippen LogP contribution in [0.1, 0.15) is 38.2 Å². The summed E-state index contributed by atoms with van der Waals surface area (Å²) in [5.41, 5.74) is 1.36. The van der Waals surface area contributed by atoms with E-state index < -0.39 is 0 Å². The Kier molecular flexibility index (Phi) is 3.50. The van der Waals surface area contributed by atoms with Crippen LogP contribution in [0.2, 0.25) is 0 Å². The van der Waals surface area contributed by atoms with Gasteiger partial charge in [0.2, 0.25) is 0 Å². The smallest absolute Gasteiger partial charge is 0.133 e. The summed E-state index contributed by atoms with van der Waals surface area (Å²) >= 11 is 0. The first kappa shape index (κ1) is 12.0. The highest BCUT2D eigenvalue weighted by molar-refractivity contribution is 5.49. The summed E-state index contributed by atoms with van der Waals surface area (Å²) in [6, 6.07) is 5.03. The van der Waals surface area contributed by atoms with Gasteiger partial charge in [0.25, 0.3) is 0 Å². The molecule has 2 fully saturated rings. The molecule has 0 spiro atoms. The zero-order valence-corrected chi connectivity index (χ0v) is 11.2. The molecule has 1 aliphatic carbocycles. The third-order valence-electron chi connectivity index (χ3n) is 4.29. The second kappa shape index (κ2) is 5.27. The van der Waals surface area contributed by atoms with Gasteiger partial charge in [0, 0.05) is 30.9 Å². The third-order valence-corrected chi connectivity index (χ3v) is 4.29. The van der Waals surface area contributed by atoms with Crippen molar-refractivity contribution < 1.29 is 0 Å². The molecule has 2 heterocycles. The van der Waals surface area contributed by atoms with Gasteiger partial charge in [0.15, 0.2) is 0 Å². The molecule has 18 heavy (non-hydrogen) atoms. The van der Waals surface area contributed by atoms with Crippen molar-refractivity contribution in [3.8, 4) is 0 Å². The number of fused-ring (bicyclic) bond motifs is 2. The first-order valence-corrected chi connectivity index (χ1v) is 7.29. The maximum Gasteiger partial charge on any atom is 0.133 e. The molecule has 1 aliphatic heterocycles. The Morgan fingerprint density at radius 3 is 3.11 bits per heavy atom. The standard InChI is InChI=1S/C15H23N3/c1-2-7-16-10-13-4-3-8-17-15(13)18-11-12-5-6-14(18)9-12/h3-4,8,12,14,16H,2,5-7,9-11H2,1H3. The highest BCUT2D eigenvalue weighted by atomic mass is 15.2. The van der Waals surface area contributed by atoms with Crippen molar-refractivity contribution in [2.45, 2.75) is 45.2 Å². The molecule has 2 bridgehead atoms. The molecule has 2 atom stereocenters. The number of aromatic nitrogens is 1. The van der Waals surface area contributed by atoms with Gasteiger partial charge >= 0.3 is 0 Å². The monoisotopic (exact) mass is 245 g/mol. The molecule has 1 N–H and O–H groups in total. The van der Waals surface area contributed by atoms with Crippen molar-refractivity contribution in [3.63, 3.8) is 0 Å². The lowest BCUT2D eigenvalue weighted by Gasteiger charge is -2.29. The van der Waals surface area contributed by atoms with Crippen LogP contribution in [0.25, 0.3) is 0 Å². The normalized spacial score (nSPS) is 25.9. The van der Waals surface area contributed by atoms with Crippen molar-refractivity contribution in [2.75, 3.05) is 18.0 Å². The number of pyridine rings is 1. The zero-order valence-electron chi connectivity index (χ0n) is 11.2. The minimum atomic E-state index is 0.759. The molecule has 1 aromatic heterocycles. The molecule has 2 unspecified atom stereocenters. The molecule has 3 nitrogen and oxygen atoms in total. The summed E-state index contributed by atoms with van der Waals surface area (Å²) in [6.45, 7) is 5.46. The van der Waals surface area contributed by atoms with Crippen molar-refractivity contribution in [3.05, 3.63) is 23.9 Å². The van der Waals surface area contributed by atoms with Crippen molar-refractivity contribution in [1.82, 2.24) is 10.3 Å². The Morgan fingerprint density at radius 1 is 1.44 bits per heavy atom. The Bertz CT molecular complexity index is 404. The lowest BCUT2D eigenvalue weighted by atomic mass is 10.1. The van der Waals surface area contributed by atoms with Gasteiger partial charge in [-0.25, -0.2) is 4.98 Å². The summed E-state index contributed by atoms with van der Waals surface area (Å²) in [4.78, 5) is 7.20. The summed E-state index contributed by atoms with van der Waals surface area (Å²) < 4.78 is 0. The van der Waals surface area contributed by atoms with Crippen LogP contribution < -0.4 is 10.2 Å². The number of nitrogens with zero attached hydrogens (tertiary/aromatic N) is 2. The average Bonchev–Trinajstić information content (AvgIpc) is 3.02. The molecule has 0 amide bonds. The SMILES string of the molecule is CCCNCc1cccnc1N1CC2CCC1C2. The maximum atomic E-state index is 4.64. The minimum absolute atomic E-state index is 0.759. The highest BCUT2D eigenvalue weighted by Crippen LogP contribution is 2.40. The van der Waals surface area contributed by atoms with Crippen molar-refractivity contribution in [2.24, 2.45) is 5.92 Å². The molecule has 3 rings (SSSR count). The van der Waals surface area contributed by atoms with Crippen LogP contribution in [-0.2, 0) is 6.54 Å². The zero-order chi connectivity index (χ0) is 12.4. The van der Waals surface area contributed by atoms with Crippen LogP contribution in [0.15, 0.2) is 18.3 Å². The molecular weight excluding hydrogens is 222 g/mol. The van der Waals surface area contributed by atoms with Crippen LogP contribution in [0.4, 0.5) is 5.82 Å². The average molecular weight is 245 g/mol. The van der Waals surface area contributed by atoms with Gasteiger partial charge in [-0.05, 0) is 44.2 Å². The largest absolute Gasteiger partial charge is 0.353 e. The summed E-state index contributed by atoms with van der Waals surface area (Å²) in [5, 5.41) is 3.49. The quantitative estimate of drug-likeness (QED) is 0.808. The van der Waals surface area contributed by atoms with Crippen molar-refractivity contribution in [1.29, 1.82) is 0 Å². The predicted octanol–water partition coefficient (Wildman–Crippen LogP) is 2.57. The number of hydrogen-bond acceptors (Lipinski definition) is 3. The van der Waals surface area contributed by atoms with Gasteiger partial charge in [0.1, 0.15) is 5.82 Å². The fourth-order valence-corrected chi connectivity index (χ4v) is 3.41. The highest BCUT2D eigenvalue weighted by Gasteiger charge is 2.38. The Balaban J connectivity index is 1.74. The van der Waals surface area contributed by atoms with Gasteiger partial charge in [-0.3, -0.25) is 0 Å². The van der Waals surface area contributed by atoms with E-state index in [1.54, 1.807) is 0 Å². The van der Waals surface area contributed by atoms with Gasteiger partial charge in [-0.15, -0.1) is 0 Å². The van der Waals surface area contributed by atoms with Gasteiger partial charge in [-0.2, -0.15) is 0 Å². The van der Waals surface area contributed by atoms with E-state index in [1.165, 1.54) is 43.6 Å². The maximum absolute atomic E-state index is 4.64. The number of nitrogens with one attached hydrogen (secondary N) is 1. The lowest BCUT2D eigenvalue weighted by Crippen LogP contribution is -2.33. The van der Waals surface area contributed by atoms with Crippen LogP contribution in [0.5, 0.6) is 0 Å². The third kappa shape index (κ3) is 2.24. The van der Waals surface area contributed by atoms with Crippen LogP contribution in [0, 0.1) is 5.92 Å². The topological polar surface area (TPSA) is 28.2 Å². The van der Waals surface area contributed by atoms with E-state index in [2.05, 4.69) is 34.3 Å². The summed E-state index contributed by atoms with van der Waals surface area (Å²) in [6.07, 6.45) is 7.30. The van der Waals surface area contributed by atoms with E-state index in [1.807, 2.05) is 6.20 Å². The van der Waals surface area contributed by atoms with Gasteiger partial charge in [0.05, 0.1) is 0 Å². The fraction of sp³-hybridized carbons (Fsp3) is 0.667. The predicted molar refractivity (Wildman–Crippen MR) is 74.7 cm³/mol. The first-order valence-electron chi connectivity index (χ1n) is 7.29. The molecule has 2 aliphatic rings. The van der Waals surface area contributed by atoms with Crippen LogP contribution in [0.3, 0.4) is 0 Å². The molecular formula is C15H23N3. The Morgan fingerprint density at radius 2 is 2.39 bits per heavy atom. The molecule has 98 valence electrons. The lowest BCUT2D eigenvalue weighted by molar-refractivity contribution is 0.547. The molecule has 3 heteroatoms. The molecule has 0 radical (unpaired) electrons. The Labute approximate surface area is 110 Å². The number of anilines is 1. The molecule has 0 aromatic carbocycles. The number of hydrogen-bond donors (Lipinski definition) is 1. The van der Waals surface area contributed by atoms with Crippen LogP contribution >= 0.6 is 0 Å². The number of piperidine rings is 1. The molecule has 1 saturated heterocycles. The van der Waals surface area contributed by atoms with E-state index in [-0.39, 0.29) is 0 Å². The molecule has 1 saturated carbocycles. The van der Waals surface area contributed by atoms with E-state index in [0.29, 0.717) is 0 Å². The summed E-state index contributed by atoms with van der Waals surface area (Å²) in [5.74, 6) is 2.15. The number of rotatable bonds is 5. The van der Waals surface area contributed by atoms with Gasteiger partial charge in [-0.1, -0.05) is 13.0 Å². The van der Waals surface area contributed by atoms with E-state index in [0.717, 1.165) is 25.0 Å². The Hall–Kier alpha value is -1.09. The summed E-state index contributed by atoms with van der Waals surface area (Å²) in [7, 11) is 0. The van der Waals surface area contributed by atoms with Gasteiger partial charge < -0.3 is 10.2 Å². The van der Waals surface area contributed by atoms with E-state index >= 15 is 0 Å². The second-order valence-electron chi connectivity index (χ2n) is 5.65. The van der Waals surface area contributed by atoms with E-state index in [9.17, 15) is 0 Å².